The number of carbonyl (C=O) groups is 1. The molecule has 0 bridgehead atoms. The van der Waals surface area contributed by atoms with Crippen LogP contribution in [0.1, 0.15) is 5.56 Å². The number of hydrogen-bond donors (Lipinski definition) is 0. The molecule has 37 heavy (non-hydrogen) atoms. The summed E-state index contributed by atoms with van der Waals surface area (Å²) in [6, 6.07) is 30.7. The van der Waals surface area contributed by atoms with E-state index in [9.17, 15) is 4.79 Å². The molecule has 0 N–H and O–H groups in total. The first-order chi connectivity index (χ1) is 18.1. The number of thioether (sulfide) groups is 2. The molecule has 6 rings (SSSR count). The van der Waals surface area contributed by atoms with Crippen molar-refractivity contribution in [2.75, 3.05) is 25.6 Å². The molecule has 0 unspecified atom stereocenters. The maximum atomic E-state index is 13.8. The number of rotatable bonds is 5. The van der Waals surface area contributed by atoms with Gasteiger partial charge in [-0.15, -0.1) is 0 Å². The van der Waals surface area contributed by atoms with Crippen LogP contribution >= 0.6 is 23.5 Å². The quantitative estimate of drug-likeness (QED) is 0.262. The van der Waals surface area contributed by atoms with Crippen LogP contribution < -0.4 is 9.64 Å². The van der Waals surface area contributed by atoms with E-state index in [-0.39, 0.29) is 5.91 Å². The lowest BCUT2D eigenvalue weighted by molar-refractivity contribution is -0.122. The Balaban J connectivity index is 1.37. The van der Waals surface area contributed by atoms with E-state index in [0.717, 1.165) is 38.9 Å². The van der Waals surface area contributed by atoms with Crippen LogP contribution in [0.4, 0.5) is 11.4 Å². The van der Waals surface area contributed by atoms with Crippen molar-refractivity contribution < 1.29 is 9.53 Å². The lowest BCUT2D eigenvalue weighted by atomic mass is 10.1. The number of methoxy groups -OCH3 is 1. The first-order valence-corrected chi connectivity index (χ1v) is 13.7. The molecule has 4 aromatic carbocycles. The second-order valence-electron chi connectivity index (χ2n) is 8.85. The third-order valence-electron chi connectivity index (χ3n) is 6.52. The second kappa shape index (κ2) is 10.00. The van der Waals surface area contributed by atoms with Crippen molar-refractivity contribution in [2.24, 2.45) is 4.99 Å². The monoisotopic (exact) mass is 523 g/mol. The molecule has 1 saturated heterocycles. The minimum Gasteiger partial charge on any atom is -0.497 e. The van der Waals surface area contributed by atoms with Gasteiger partial charge >= 0.3 is 0 Å². The number of nitrogens with zero attached hydrogens (tertiary/aromatic N) is 3. The molecule has 1 fully saturated rings. The molecule has 0 saturated carbocycles. The predicted octanol–water partition coefficient (Wildman–Crippen LogP) is 7.07. The molecule has 1 amide bonds. The SMILES string of the molecule is COc1ccc2c(c1)N(C)C(=C1SC(=Nc3ccc4ccccc4c3)N(CCc3ccccc3)C1=O)S2. The largest absolute Gasteiger partial charge is 0.497 e. The molecule has 2 heterocycles. The van der Waals surface area contributed by atoms with Crippen molar-refractivity contribution in [2.45, 2.75) is 11.3 Å². The number of carbonyl (C=O) groups excluding carboxylic acids is 1. The summed E-state index contributed by atoms with van der Waals surface area (Å²) >= 11 is 3.07. The number of amidine groups is 1. The Kier molecular flexibility index (Phi) is 6.40. The van der Waals surface area contributed by atoms with Gasteiger partial charge in [0.05, 0.1) is 23.5 Å². The molecule has 2 aliphatic rings. The molecule has 4 aromatic rings. The van der Waals surface area contributed by atoms with Gasteiger partial charge in [-0.2, -0.15) is 0 Å². The van der Waals surface area contributed by atoms with Gasteiger partial charge in [0.15, 0.2) is 5.17 Å². The fourth-order valence-corrected chi connectivity index (χ4v) is 6.86. The highest BCUT2D eigenvalue weighted by molar-refractivity contribution is 8.19. The van der Waals surface area contributed by atoms with Crippen LogP contribution in [-0.4, -0.2) is 36.7 Å². The van der Waals surface area contributed by atoms with E-state index in [1.165, 1.54) is 22.7 Å². The van der Waals surface area contributed by atoms with Gasteiger partial charge in [0.1, 0.15) is 10.7 Å². The number of hydrogen-bond acceptors (Lipinski definition) is 6. The van der Waals surface area contributed by atoms with Gasteiger partial charge in [-0.05, 0) is 58.8 Å². The zero-order chi connectivity index (χ0) is 25.4. The van der Waals surface area contributed by atoms with Gasteiger partial charge in [0, 0.05) is 24.6 Å². The number of ether oxygens (including phenoxy) is 1. The summed E-state index contributed by atoms with van der Waals surface area (Å²) in [6.45, 7) is 0.564. The Morgan fingerprint density at radius 1 is 0.865 bits per heavy atom. The van der Waals surface area contributed by atoms with Gasteiger partial charge in [-0.25, -0.2) is 4.99 Å². The topological polar surface area (TPSA) is 45.1 Å². The molecule has 0 atom stereocenters. The summed E-state index contributed by atoms with van der Waals surface area (Å²) in [4.78, 5) is 24.5. The van der Waals surface area contributed by atoms with Gasteiger partial charge in [-0.1, -0.05) is 72.4 Å². The van der Waals surface area contributed by atoms with Crippen molar-refractivity contribution in [1.29, 1.82) is 0 Å². The van der Waals surface area contributed by atoms with Gasteiger partial charge in [0.25, 0.3) is 5.91 Å². The van der Waals surface area contributed by atoms with Crippen LogP contribution in [0.5, 0.6) is 5.75 Å². The van der Waals surface area contributed by atoms with Crippen LogP contribution in [0.15, 0.2) is 111 Å². The highest BCUT2D eigenvalue weighted by Crippen LogP contribution is 2.51. The average Bonchev–Trinajstić information content (AvgIpc) is 3.42. The van der Waals surface area contributed by atoms with Gasteiger partial charge in [-0.3, -0.25) is 9.69 Å². The maximum Gasteiger partial charge on any atom is 0.269 e. The average molecular weight is 524 g/mol. The first-order valence-electron chi connectivity index (χ1n) is 12.1. The zero-order valence-corrected chi connectivity index (χ0v) is 22.2. The molecular formula is C30H25N3O2S2. The van der Waals surface area contributed by atoms with Crippen LogP contribution in [0, 0.1) is 0 Å². The third kappa shape index (κ3) is 4.61. The smallest absolute Gasteiger partial charge is 0.269 e. The molecule has 184 valence electrons. The number of fused-ring (bicyclic) bond motifs is 2. The molecule has 0 aliphatic carbocycles. The molecule has 0 spiro atoms. The van der Waals surface area contributed by atoms with E-state index in [1.807, 2.05) is 66.5 Å². The first kappa shape index (κ1) is 23.7. The van der Waals surface area contributed by atoms with Crippen molar-refractivity contribution in [3.8, 4) is 5.75 Å². The van der Waals surface area contributed by atoms with E-state index in [0.29, 0.717) is 16.6 Å². The Morgan fingerprint density at radius 2 is 1.65 bits per heavy atom. The van der Waals surface area contributed by atoms with Crippen molar-refractivity contribution in [3.05, 3.63) is 106 Å². The number of anilines is 1. The second-order valence-corrected chi connectivity index (χ2v) is 10.9. The summed E-state index contributed by atoms with van der Waals surface area (Å²) in [5, 5.41) is 3.93. The summed E-state index contributed by atoms with van der Waals surface area (Å²) in [6.07, 6.45) is 0.757. The maximum absolute atomic E-state index is 13.8. The number of benzene rings is 4. The van der Waals surface area contributed by atoms with E-state index in [2.05, 4.69) is 41.3 Å². The lowest BCUT2D eigenvalue weighted by Crippen LogP contribution is -2.31. The molecule has 0 radical (unpaired) electrons. The fraction of sp³-hybridized carbons (Fsp3) is 0.133. The number of aliphatic imine (C=N–C) groups is 1. The van der Waals surface area contributed by atoms with Crippen LogP contribution in [0.25, 0.3) is 10.8 Å². The van der Waals surface area contributed by atoms with Crippen molar-refractivity contribution in [3.63, 3.8) is 0 Å². The zero-order valence-electron chi connectivity index (χ0n) is 20.5. The van der Waals surface area contributed by atoms with Crippen LogP contribution in [-0.2, 0) is 11.2 Å². The van der Waals surface area contributed by atoms with Gasteiger partial charge in [0.2, 0.25) is 0 Å². The Labute approximate surface area is 224 Å². The molecular weight excluding hydrogens is 498 g/mol. The minimum absolute atomic E-state index is 0.00501. The van der Waals surface area contributed by atoms with Crippen molar-refractivity contribution >= 4 is 56.7 Å². The van der Waals surface area contributed by atoms with E-state index in [1.54, 1.807) is 18.9 Å². The van der Waals surface area contributed by atoms with Crippen molar-refractivity contribution in [1.82, 2.24) is 4.90 Å². The highest BCUT2D eigenvalue weighted by atomic mass is 32.2. The Bertz CT molecular complexity index is 1570. The minimum atomic E-state index is -0.00501. The molecule has 0 aromatic heterocycles. The molecule has 2 aliphatic heterocycles. The van der Waals surface area contributed by atoms with E-state index >= 15 is 0 Å². The number of amides is 1. The van der Waals surface area contributed by atoms with Crippen LogP contribution in [0.2, 0.25) is 0 Å². The highest BCUT2D eigenvalue weighted by Gasteiger charge is 2.39. The van der Waals surface area contributed by atoms with Gasteiger partial charge < -0.3 is 9.64 Å². The van der Waals surface area contributed by atoms with Crippen LogP contribution in [0.3, 0.4) is 0 Å². The normalized spacial score (nSPS) is 18.2. The summed E-state index contributed by atoms with van der Waals surface area (Å²) < 4.78 is 5.42. The standard InChI is InChI=1S/C30H25N3O2S2/c1-32-25-19-24(35-2)14-15-26(25)36-29(32)27-28(34)33(17-16-20-8-4-3-5-9-20)30(37-27)31-23-13-12-21-10-6-7-11-22(21)18-23/h3-15,18-19H,16-17H2,1-2H3. The molecule has 5 nitrogen and oxygen atoms in total. The van der Waals surface area contributed by atoms with E-state index < -0.39 is 0 Å². The summed E-state index contributed by atoms with van der Waals surface area (Å²) in [5.74, 6) is 0.792. The fourth-order valence-electron chi connectivity index (χ4n) is 4.51. The lowest BCUT2D eigenvalue weighted by Gasteiger charge is -2.17. The summed E-state index contributed by atoms with van der Waals surface area (Å²) in [7, 11) is 3.67. The third-order valence-corrected chi connectivity index (χ3v) is 8.95. The Hall–Kier alpha value is -3.68. The predicted molar refractivity (Wildman–Crippen MR) is 155 cm³/mol. The molecule has 7 heteroatoms. The Morgan fingerprint density at radius 3 is 2.46 bits per heavy atom. The van der Waals surface area contributed by atoms with E-state index in [4.69, 9.17) is 9.73 Å². The summed E-state index contributed by atoms with van der Waals surface area (Å²) in [5.41, 5.74) is 3.07.